The molecule has 1 unspecified atom stereocenters. The summed E-state index contributed by atoms with van der Waals surface area (Å²) < 4.78 is 0. The van der Waals surface area contributed by atoms with Crippen LogP contribution in [0.15, 0.2) is 54.6 Å². The van der Waals surface area contributed by atoms with Gasteiger partial charge in [-0.25, -0.2) is 0 Å². The number of allylic oxidation sites excluding steroid dienone is 4. The zero-order chi connectivity index (χ0) is 17.5. The molecular formula is C22H33P. The summed E-state index contributed by atoms with van der Waals surface area (Å²) in [5.41, 5.74) is 6.88. The van der Waals surface area contributed by atoms with Crippen LogP contribution in [0.1, 0.15) is 64.0 Å². The van der Waals surface area contributed by atoms with Crippen molar-refractivity contribution in [3.8, 4) is 0 Å². The molecule has 1 saturated carbocycles. The largest absolute Gasteiger partial charge is 0.141 e. The van der Waals surface area contributed by atoms with Crippen molar-refractivity contribution in [3.05, 3.63) is 65.8 Å². The molecule has 0 amide bonds. The first-order valence-corrected chi connectivity index (χ1v) is 10.1. The van der Waals surface area contributed by atoms with Gasteiger partial charge in [0.2, 0.25) is 0 Å². The van der Waals surface area contributed by atoms with Gasteiger partial charge < -0.3 is 0 Å². The van der Waals surface area contributed by atoms with Gasteiger partial charge in [-0.15, -0.1) is 9.24 Å². The number of hydrogen-bond acceptors (Lipinski definition) is 0. The van der Waals surface area contributed by atoms with Crippen molar-refractivity contribution in [2.45, 2.75) is 58.3 Å². The lowest BCUT2D eigenvalue weighted by Crippen LogP contribution is -2.28. The van der Waals surface area contributed by atoms with E-state index in [1.165, 1.54) is 54.4 Å². The third kappa shape index (κ3) is 3.86. The Morgan fingerprint density at radius 1 is 1.09 bits per heavy atom. The van der Waals surface area contributed by atoms with Crippen LogP contribution < -0.4 is 0 Å². The molecule has 0 N–H and O–H groups in total. The zero-order valence-corrected chi connectivity index (χ0v) is 16.6. The highest BCUT2D eigenvalue weighted by atomic mass is 31.0. The zero-order valence-electron chi connectivity index (χ0n) is 15.4. The third-order valence-corrected chi connectivity index (χ3v) is 4.71. The molecule has 0 heterocycles. The summed E-state index contributed by atoms with van der Waals surface area (Å²) in [5.74, 6) is 0. The highest BCUT2D eigenvalue weighted by molar-refractivity contribution is 7.15. The molecule has 23 heavy (non-hydrogen) atoms. The topological polar surface area (TPSA) is 0 Å². The van der Waals surface area contributed by atoms with E-state index < -0.39 is 0 Å². The normalized spacial score (nSPS) is 19.3. The molecule has 1 spiro atoms. The molecule has 1 heteroatoms. The van der Waals surface area contributed by atoms with Gasteiger partial charge in [-0.3, -0.25) is 0 Å². The Morgan fingerprint density at radius 2 is 1.65 bits per heavy atom. The highest BCUT2D eigenvalue weighted by Gasteiger charge is 2.44. The lowest BCUT2D eigenvalue weighted by molar-refractivity contribution is 0.353. The fraction of sp³-hybridized carbons (Fsp3) is 0.455. The molecule has 0 nitrogen and oxygen atoms in total. The molecule has 1 aromatic carbocycles. The van der Waals surface area contributed by atoms with Gasteiger partial charge in [-0.1, -0.05) is 88.8 Å². The van der Waals surface area contributed by atoms with E-state index >= 15 is 0 Å². The molecule has 2 aliphatic rings. The van der Waals surface area contributed by atoms with E-state index in [-0.39, 0.29) is 5.41 Å². The van der Waals surface area contributed by atoms with E-state index in [0.29, 0.717) is 0 Å². The summed E-state index contributed by atoms with van der Waals surface area (Å²) in [6.07, 6.45) is 8.83. The van der Waals surface area contributed by atoms with Crippen LogP contribution in [-0.2, 0) is 5.41 Å². The molecule has 0 radical (unpaired) electrons. The Balaban J connectivity index is 0.000000615. The lowest BCUT2D eigenvalue weighted by atomic mass is 9.67. The van der Waals surface area contributed by atoms with E-state index in [1.807, 2.05) is 20.5 Å². The van der Waals surface area contributed by atoms with Crippen LogP contribution in [0.2, 0.25) is 0 Å². The van der Waals surface area contributed by atoms with Gasteiger partial charge in [0.15, 0.2) is 0 Å². The van der Waals surface area contributed by atoms with Crippen LogP contribution in [0, 0.1) is 0 Å². The molecular weight excluding hydrogens is 295 g/mol. The van der Waals surface area contributed by atoms with E-state index in [0.717, 1.165) is 5.57 Å². The number of fused-ring (bicyclic) bond motifs is 2. The van der Waals surface area contributed by atoms with Crippen LogP contribution in [0.5, 0.6) is 0 Å². The molecule has 1 aromatic rings. The van der Waals surface area contributed by atoms with Crippen molar-refractivity contribution < 1.29 is 0 Å². The quantitative estimate of drug-likeness (QED) is 0.490. The first-order valence-electron chi connectivity index (χ1n) is 8.90. The van der Waals surface area contributed by atoms with Crippen molar-refractivity contribution in [2.75, 3.05) is 6.66 Å². The summed E-state index contributed by atoms with van der Waals surface area (Å²) in [5, 5.41) is 0. The highest BCUT2D eigenvalue weighted by Crippen LogP contribution is 2.56. The van der Waals surface area contributed by atoms with Gasteiger partial charge in [0.25, 0.3) is 0 Å². The minimum absolute atomic E-state index is 0.227. The van der Waals surface area contributed by atoms with E-state index in [9.17, 15) is 0 Å². The summed E-state index contributed by atoms with van der Waals surface area (Å²) in [7, 11) is 2.42. The molecule has 0 aromatic heterocycles. The summed E-state index contributed by atoms with van der Waals surface area (Å²) in [6, 6.07) is 8.84. The van der Waals surface area contributed by atoms with Gasteiger partial charge in [0.05, 0.1) is 0 Å². The fourth-order valence-corrected chi connectivity index (χ4v) is 3.91. The SMILES string of the molecule is C=C(C)/C=C1\C(=C)c2ccccc2C12CCCCC2.CC.CP. The van der Waals surface area contributed by atoms with Crippen molar-refractivity contribution in [2.24, 2.45) is 0 Å². The Kier molecular flexibility index (Phi) is 8.00. The standard InChI is InChI=1S/C19H22.C2H6.CH5P/c1-14(2)13-18-15(3)16-9-5-6-10-17(16)19(18)11-7-4-8-12-19;2*1-2/h5-6,9-10,13H,1,3-4,7-8,11-12H2,2H3;1-2H3;2H2,1H3/b18-13+;;. The molecule has 1 atom stereocenters. The van der Waals surface area contributed by atoms with E-state index in [1.54, 1.807) is 0 Å². The Labute approximate surface area is 146 Å². The predicted octanol–water partition coefficient (Wildman–Crippen LogP) is 6.94. The van der Waals surface area contributed by atoms with Gasteiger partial charge in [0.1, 0.15) is 0 Å². The fourth-order valence-electron chi connectivity index (χ4n) is 3.91. The summed E-state index contributed by atoms with van der Waals surface area (Å²) in [6.45, 7) is 16.4. The maximum atomic E-state index is 4.37. The first-order chi connectivity index (χ1) is 11.1. The summed E-state index contributed by atoms with van der Waals surface area (Å²) in [4.78, 5) is 0. The van der Waals surface area contributed by atoms with Crippen molar-refractivity contribution in [1.82, 2.24) is 0 Å². The molecule has 126 valence electrons. The van der Waals surface area contributed by atoms with Crippen LogP contribution in [0.25, 0.3) is 5.57 Å². The second-order valence-electron chi connectivity index (χ2n) is 6.07. The molecule has 0 aliphatic heterocycles. The van der Waals surface area contributed by atoms with Crippen molar-refractivity contribution in [1.29, 1.82) is 0 Å². The van der Waals surface area contributed by atoms with Crippen LogP contribution >= 0.6 is 9.24 Å². The van der Waals surface area contributed by atoms with E-state index in [4.69, 9.17) is 0 Å². The maximum absolute atomic E-state index is 4.37. The molecule has 3 rings (SSSR count). The van der Waals surface area contributed by atoms with Crippen molar-refractivity contribution >= 4 is 14.8 Å². The second kappa shape index (κ2) is 9.24. The minimum atomic E-state index is 0.227. The Hall–Kier alpha value is -1.13. The third-order valence-electron chi connectivity index (χ3n) is 4.71. The predicted molar refractivity (Wildman–Crippen MR) is 110 cm³/mol. The molecule has 0 bridgehead atoms. The van der Waals surface area contributed by atoms with Crippen molar-refractivity contribution in [3.63, 3.8) is 0 Å². The molecule has 2 aliphatic carbocycles. The maximum Gasteiger partial charge on any atom is 0.0215 e. The van der Waals surface area contributed by atoms with Gasteiger partial charge >= 0.3 is 0 Å². The van der Waals surface area contributed by atoms with Gasteiger partial charge in [-0.2, -0.15) is 0 Å². The van der Waals surface area contributed by atoms with Crippen LogP contribution in [0.3, 0.4) is 0 Å². The van der Waals surface area contributed by atoms with Gasteiger partial charge in [-0.05, 0) is 42.0 Å². The Bertz CT molecular complexity index is 571. The Morgan fingerprint density at radius 3 is 2.22 bits per heavy atom. The average molecular weight is 328 g/mol. The minimum Gasteiger partial charge on any atom is -0.141 e. The van der Waals surface area contributed by atoms with Crippen LogP contribution in [-0.4, -0.2) is 6.66 Å². The van der Waals surface area contributed by atoms with Gasteiger partial charge in [0, 0.05) is 5.41 Å². The lowest BCUT2D eigenvalue weighted by Gasteiger charge is -2.36. The monoisotopic (exact) mass is 328 g/mol. The molecule has 1 fully saturated rings. The first kappa shape index (κ1) is 19.9. The summed E-state index contributed by atoms with van der Waals surface area (Å²) >= 11 is 0. The van der Waals surface area contributed by atoms with Crippen LogP contribution in [0.4, 0.5) is 0 Å². The number of rotatable bonds is 1. The molecule has 0 saturated heterocycles. The number of hydrogen-bond donors (Lipinski definition) is 0. The average Bonchev–Trinajstić information content (AvgIpc) is 2.82. The van der Waals surface area contributed by atoms with E-state index in [2.05, 4.69) is 59.7 Å². The second-order valence-corrected chi connectivity index (χ2v) is 6.07. The smallest absolute Gasteiger partial charge is 0.0215 e. The number of benzene rings is 1.